The van der Waals surface area contributed by atoms with Gasteiger partial charge < -0.3 is 10.5 Å². The highest BCUT2D eigenvalue weighted by Gasteiger charge is 2.07. The zero-order valence-electron chi connectivity index (χ0n) is 7.47. The van der Waals surface area contributed by atoms with Crippen molar-refractivity contribution in [2.45, 2.75) is 20.0 Å². The number of halogens is 2. The average Bonchev–Trinajstić information content (AvgIpc) is 1.99. The van der Waals surface area contributed by atoms with E-state index in [0.29, 0.717) is 15.0 Å². The van der Waals surface area contributed by atoms with Crippen LogP contribution in [-0.2, 0) is 0 Å². The van der Waals surface area contributed by atoms with Crippen LogP contribution in [0.3, 0.4) is 0 Å². The van der Waals surface area contributed by atoms with Crippen molar-refractivity contribution in [3.63, 3.8) is 0 Å². The van der Waals surface area contributed by atoms with Gasteiger partial charge in [-0.25, -0.2) is 4.39 Å². The Labute approximate surface area is 90.4 Å². The Morgan fingerprint density at radius 2 is 2.08 bits per heavy atom. The Kier molecular flexibility index (Phi) is 3.35. The van der Waals surface area contributed by atoms with E-state index >= 15 is 0 Å². The molecule has 13 heavy (non-hydrogen) atoms. The third kappa shape index (κ3) is 2.72. The van der Waals surface area contributed by atoms with E-state index in [1.807, 2.05) is 36.4 Å². The molecule has 4 heteroatoms. The molecule has 0 saturated heterocycles. The molecule has 0 spiro atoms. The maximum absolute atomic E-state index is 13.1. The van der Waals surface area contributed by atoms with Crippen molar-refractivity contribution in [1.82, 2.24) is 0 Å². The van der Waals surface area contributed by atoms with Gasteiger partial charge in [0.1, 0.15) is 11.6 Å². The Hall–Kier alpha value is -0.520. The molecule has 0 atom stereocenters. The normalized spacial score (nSPS) is 10.5. The summed E-state index contributed by atoms with van der Waals surface area (Å²) < 4.78 is 18.9. The Bertz CT molecular complexity index is 315. The van der Waals surface area contributed by atoms with Gasteiger partial charge in [0.15, 0.2) is 0 Å². The molecule has 0 aliphatic carbocycles. The molecule has 0 unspecified atom stereocenters. The fourth-order valence-corrected chi connectivity index (χ4v) is 1.39. The van der Waals surface area contributed by atoms with Crippen LogP contribution in [0.15, 0.2) is 12.1 Å². The lowest BCUT2D eigenvalue weighted by Crippen LogP contribution is -2.08. The number of nitrogen functional groups attached to an aromatic ring is 1. The lowest BCUT2D eigenvalue weighted by Gasteiger charge is -2.12. The van der Waals surface area contributed by atoms with E-state index in [2.05, 4.69) is 0 Å². The van der Waals surface area contributed by atoms with Crippen LogP contribution < -0.4 is 10.5 Å². The van der Waals surface area contributed by atoms with Gasteiger partial charge in [-0.15, -0.1) is 0 Å². The van der Waals surface area contributed by atoms with Gasteiger partial charge in [-0.3, -0.25) is 0 Å². The SMILES string of the molecule is CC(C)Oc1cc(F)c(I)cc1N. The monoisotopic (exact) mass is 295 g/mol. The van der Waals surface area contributed by atoms with E-state index in [9.17, 15) is 4.39 Å². The van der Waals surface area contributed by atoms with E-state index < -0.39 is 0 Å². The molecular weight excluding hydrogens is 284 g/mol. The van der Waals surface area contributed by atoms with Crippen molar-refractivity contribution < 1.29 is 9.13 Å². The number of benzene rings is 1. The Balaban J connectivity index is 3.01. The fraction of sp³-hybridized carbons (Fsp3) is 0.333. The van der Waals surface area contributed by atoms with E-state index in [4.69, 9.17) is 10.5 Å². The number of hydrogen-bond acceptors (Lipinski definition) is 2. The molecule has 0 aliphatic rings. The second-order valence-electron chi connectivity index (χ2n) is 2.97. The van der Waals surface area contributed by atoms with Crippen molar-refractivity contribution >= 4 is 28.3 Å². The second kappa shape index (κ2) is 4.13. The molecule has 0 aliphatic heterocycles. The summed E-state index contributed by atoms with van der Waals surface area (Å²) in [6.07, 6.45) is 0.00163. The van der Waals surface area contributed by atoms with E-state index in [1.165, 1.54) is 6.07 Å². The summed E-state index contributed by atoms with van der Waals surface area (Å²) in [6, 6.07) is 2.88. The van der Waals surface area contributed by atoms with Crippen LogP contribution in [0, 0.1) is 9.39 Å². The number of nitrogens with two attached hydrogens (primary N) is 1. The largest absolute Gasteiger partial charge is 0.489 e. The minimum atomic E-state index is -0.301. The van der Waals surface area contributed by atoms with Crippen molar-refractivity contribution in [3.8, 4) is 5.75 Å². The van der Waals surface area contributed by atoms with Gasteiger partial charge in [-0.2, -0.15) is 0 Å². The van der Waals surface area contributed by atoms with Crippen LogP contribution in [0.25, 0.3) is 0 Å². The van der Waals surface area contributed by atoms with Gasteiger partial charge in [0.25, 0.3) is 0 Å². The molecule has 1 aromatic carbocycles. The molecule has 2 nitrogen and oxygen atoms in total. The molecule has 0 fully saturated rings. The van der Waals surface area contributed by atoms with E-state index in [-0.39, 0.29) is 11.9 Å². The summed E-state index contributed by atoms with van der Waals surface area (Å²) in [6.45, 7) is 3.74. The zero-order valence-corrected chi connectivity index (χ0v) is 9.63. The average molecular weight is 295 g/mol. The maximum Gasteiger partial charge on any atom is 0.145 e. The molecule has 0 bridgehead atoms. The van der Waals surface area contributed by atoms with Gasteiger partial charge in [-0.1, -0.05) is 0 Å². The smallest absolute Gasteiger partial charge is 0.145 e. The first-order valence-corrected chi connectivity index (χ1v) is 4.99. The zero-order chi connectivity index (χ0) is 10.0. The highest BCUT2D eigenvalue weighted by atomic mass is 127. The van der Waals surface area contributed by atoms with Crippen LogP contribution in [0.5, 0.6) is 5.75 Å². The van der Waals surface area contributed by atoms with Gasteiger partial charge in [0.2, 0.25) is 0 Å². The molecule has 0 aromatic heterocycles. The van der Waals surface area contributed by atoms with Crippen molar-refractivity contribution in [1.29, 1.82) is 0 Å². The first-order chi connectivity index (χ1) is 6.00. The minimum Gasteiger partial charge on any atom is -0.489 e. The predicted molar refractivity (Wildman–Crippen MR) is 59.3 cm³/mol. The molecular formula is C9H11FINO. The molecule has 1 rings (SSSR count). The van der Waals surface area contributed by atoms with Crippen molar-refractivity contribution in [2.75, 3.05) is 5.73 Å². The summed E-state index contributed by atoms with van der Waals surface area (Å²) in [5, 5.41) is 0. The highest BCUT2D eigenvalue weighted by molar-refractivity contribution is 14.1. The first kappa shape index (κ1) is 10.6. The van der Waals surface area contributed by atoms with Crippen LogP contribution in [0.4, 0.5) is 10.1 Å². The third-order valence-corrected chi connectivity index (χ3v) is 2.24. The Morgan fingerprint density at radius 1 is 1.46 bits per heavy atom. The summed E-state index contributed by atoms with van der Waals surface area (Å²) in [4.78, 5) is 0. The van der Waals surface area contributed by atoms with Crippen LogP contribution >= 0.6 is 22.6 Å². The number of hydrogen-bond donors (Lipinski definition) is 1. The minimum absolute atomic E-state index is 0.00163. The third-order valence-electron chi connectivity index (χ3n) is 1.42. The van der Waals surface area contributed by atoms with Crippen LogP contribution in [0.1, 0.15) is 13.8 Å². The predicted octanol–water partition coefficient (Wildman–Crippen LogP) is 2.80. The van der Waals surface area contributed by atoms with Crippen molar-refractivity contribution in [2.24, 2.45) is 0 Å². The van der Waals surface area contributed by atoms with E-state index in [1.54, 1.807) is 6.07 Å². The van der Waals surface area contributed by atoms with Crippen molar-refractivity contribution in [3.05, 3.63) is 21.5 Å². The summed E-state index contributed by atoms with van der Waals surface area (Å²) in [5.41, 5.74) is 6.11. The standard InChI is InChI=1S/C9H11FINO/c1-5(2)13-9-3-6(10)7(11)4-8(9)12/h3-5H,12H2,1-2H3. The molecule has 72 valence electrons. The highest BCUT2D eigenvalue weighted by Crippen LogP contribution is 2.26. The van der Waals surface area contributed by atoms with Crippen LogP contribution in [0.2, 0.25) is 0 Å². The van der Waals surface area contributed by atoms with Gasteiger partial charge in [0, 0.05) is 6.07 Å². The molecule has 2 N–H and O–H groups in total. The topological polar surface area (TPSA) is 35.2 Å². The van der Waals surface area contributed by atoms with Gasteiger partial charge >= 0.3 is 0 Å². The summed E-state index contributed by atoms with van der Waals surface area (Å²) in [7, 11) is 0. The molecule has 1 aromatic rings. The number of rotatable bonds is 2. The molecule has 0 heterocycles. The molecule has 0 saturated carbocycles. The number of anilines is 1. The lowest BCUT2D eigenvalue weighted by atomic mass is 10.3. The quantitative estimate of drug-likeness (QED) is 0.672. The molecule has 0 radical (unpaired) electrons. The van der Waals surface area contributed by atoms with Gasteiger partial charge in [0.05, 0.1) is 15.4 Å². The van der Waals surface area contributed by atoms with Crippen LogP contribution in [-0.4, -0.2) is 6.10 Å². The number of ether oxygens (including phenoxy) is 1. The summed E-state index contributed by atoms with van der Waals surface area (Å²) >= 11 is 1.89. The van der Waals surface area contributed by atoms with E-state index in [0.717, 1.165) is 0 Å². The Morgan fingerprint density at radius 3 is 2.62 bits per heavy atom. The summed E-state index contributed by atoms with van der Waals surface area (Å²) in [5.74, 6) is 0.110. The lowest BCUT2D eigenvalue weighted by molar-refractivity contribution is 0.243. The maximum atomic E-state index is 13.1. The first-order valence-electron chi connectivity index (χ1n) is 3.92. The second-order valence-corrected chi connectivity index (χ2v) is 4.13. The fourth-order valence-electron chi connectivity index (χ4n) is 0.900. The molecule has 0 amide bonds. The van der Waals surface area contributed by atoms with Gasteiger partial charge in [-0.05, 0) is 42.5 Å².